The van der Waals surface area contributed by atoms with Gasteiger partial charge in [-0.25, -0.2) is 4.79 Å². The van der Waals surface area contributed by atoms with Crippen molar-refractivity contribution in [2.45, 2.75) is 25.1 Å². The first-order valence-electron chi connectivity index (χ1n) is 7.52. The Morgan fingerprint density at radius 1 is 0.958 bits per heavy atom. The summed E-state index contributed by atoms with van der Waals surface area (Å²) in [4.78, 5) is 11.6. The molecule has 24 heavy (non-hydrogen) atoms. The van der Waals surface area contributed by atoms with Gasteiger partial charge in [0.05, 0.1) is 11.3 Å². The Balaban J connectivity index is 1.67. The largest absolute Gasteiger partial charge is 0.418 e. The number of alkyl halides is 3. The average molecular weight is 335 g/mol. The van der Waals surface area contributed by atoms with E-state index in [1.807, 2.05) is 0 Å². The molecule has 1 aliphatic carbocycles. The van der Waals surface area contributed by atoms with E-state index in [0.29, 0.717) is 11.4 Å². The molecule has 3 rings (SSSR count). The molecule has 0 bridgehead atoms. The molecule has 1 fully saturated rings. The molecular weight excluding hydrogens is 319 g/mol. The predicted octanol–water partition coefficient (Wildman–Crippen LogP) is 4.73. The Morgan fingerprint density at radius 2 is 1.58 bits per heavy atom. The quantitative estimate of drug-likeness (QED) is 0.756. The van der Waals surface area contributed by atoms with Gasteiger partial charge in [0.2, 0.25) is 0 Å². The van der Waals surface area contributed by atoms with Crippen molar-refractivity contribution in [1.82, 2.24) is 5.32 Å². The van der Waals surface area contributed by atoms with Gasteiger partial charge in [-0.2, -0.15) is 13.2 Å². The van der Waals surface area contributed by atoms with Gasteiger partial charge in [0.1, 0.15) is 0 Å². The maximum Gasteiger partial charge on any atom is 0.418 e. The lowest BCUT2D eigenvalue weighted by Crippen LogP contribution is -2.30. The molecule has 0 saturated heterocycles. The number of hydrogen-bond donors (Lipinski definition) is 3. The van der Waals surface area contributed by atoms with E-state index in [2.05, 4.69) is 16.0 Å². The minimum Gasteiger partial charge on any atom is -0.355 e. The lowest BCUT2D eigenvalue weighted by Gasteiger charge is -2.14. The number of halogens is 3. The highest BCUT2D eigenvalue weighted by Crippen LogP contribution is 2.35. The first-order chi connectivity index (χ1) is 11.4. The van der Waals surface area contributed by atoms with Crippen molar-refractivity contribution in [1.29, 1.82) is 0 Å². The SMILES string of the molecule is O=C(Nc1ccc(Nc2ccccc2C(F)(F)F)cc1)NC1CC1. The molecule has 1 aliphatic rings. The lowest BCUT2D eigenvalue weighted by atomic mass is 10.1. The summed E-state index contributed by atoms with van der Waals surface area (Å²) in [6, 6.07) is 11.7. The van der Waals surface area contributed by atoms with Crippen LogP contribution in [0.1, 0.15) is 18.4 Å². The molecule has 0 aromatic heterocycles. The van der Waals surface area contributed by atoms with E-state index in [4.69, 9.17) is 0 Å². The molecule has 0 atom stereocenters. The summed E-state index contributed by atoms with van der Waals surface area (Å²) < 4.78 is 38.9. The van der Waals surface area contributed by atoms with E-state index in [0.717, 1.165) is 18.9 Å². The molecule has 0 heterocycles. The van der Waals surface area contributed by atoms with Crippen LogP contribution in [0.2, 0.25) is 0 Å². The molecular formula is C17H16F3N3O. The maximum absolute atomic E-state index is 13.0. The summed E-state index contributed by atoms with van der Waals surface area (Å²) in [5.74, 6) is 0. The number of hydrogen-bond acceptors (Lipinski definition) is 2. The fourth-order valence-corrected chi connectivity index (χ4v) is 2.21. The Kier molecular flexibility index (Phi) is 4.33. The number of para-hydroxylation sites is 1. The van der Waals surface area contributed by atoms with Gasteiger partial charge < -0.3 is 16.0 Å². The van der Waals surface area contributed by atoms with Crippen LogP contribution in [0.15, 0.2) is 48.5 Å². The summed E-state index contributed by atoms with van der Waals surface area (Å²) in [7, 11) is 0. The number of benzene rings is 2. The fraction of sp³-hybridized carbons (Fsp3) is 0.235. The van der Waals surface area contributed by atoms with Crippen molar-refractivity contribution >= 4 is 23.1 Å². The van der Waals surface area contributed by atoms with Crippen molar-refractivity contribution < 1.29 is 18.0 Å². The van der Waals surface area contributed by atoms with Crippen molar-refractivity contribution in [3.8, 4) is 0 Å². The zero-order valence-corrected chi connectivity index (χ0v) is 12.7. The number of urea groups is 1. The van der Waals surface area contributed by atoms with E-state index < -0.39 is 11.7 Å². The monoisotopic (exact) mass is 335 g/mol. The van der Waals surface area contributed by atoms with Gasteiger partial charge in [-0.1, -0.05) is 12.1 Å². The van der Waals surface area contributed by atoms with Crippen LogP contribution in [0.25, 0.3) is 0 Å². The summed E-state index contributed by atoms with van der Waals surface area (Å²) in [6.07, 6.45) is -2.43. The van der Waals surface area contributed by atoms with Crippen LogP contribution in [0.5, 0.6) is 0 Å². The van der Waals surface area contributed by atoms with E-state index in [-0.39, 0.29) is 17.8 Å². The van der Waals surface area contributed by atoms with Crippen LogP contribution < -0.4 is 16.0 Å². The van der Waals surface area contributed by atoms with Crippen molar-refractivity contribution in [2.24, 2.45) is 0 Å². The second-order valence-corrected chi connectivity index (χ2v) is 5.62. The minimum absolute atomic E-state index is 0.0165. The maximum atomic E-state index is 13.0. The minimum atomic E-state index is -4.42. The summed E-state index contributed by atoms with van der Waals surface area (Å²) in [5.41, 5.74) is 0.329. The zero-order chi connectivity index (χ0) is 17.2. The van der Waals surface area contributed by atoms with Crippen LogP contribution in [0.4, 0.5) is 35.0 Å². The third-order valence-electron chi connectivity index (χ3n) is 3.57. The molecule has 2 aromatic rings. The van der Waals surface area contributed by atoms with Crippen molar-refractivity contribution in [2.75, 3.05) is 10.6 Å². The fourth-order valence-electron chi connectivity index (χ4n) is 2.21. The van der Waals surface area contributed by atoms with E-state index in [1.165, 1.54) is 18.2 Å². The molecule has 1 saturated carbocycles. The molecule has 4 nitrogen and oxygen atoms in total. The molecule has 2 aromatic carbocycles. The summed E-state index contributed by atoms with van der Waals surface area (Å²) >= 11 is 0. The predicted molar refractivity (Wildman–Crippen MR) is 86.3 cm³/mol. The third kappa shape index (κ3) is 4.18. The highest BCUT2D eigenvalue weighted by atomic mass is 19.4. The zero-order valence-electron chi connectivity index (χ0n) is 12.7. The summed E-state index contributed by atoms with van der Waals surface area (Å²) in [5, 5.41) is 8.23. The van der Waals surface area contributed by atoms with Gasteiger partial charge in [-0.3, -0.25) is 0 Å². The Labute approximate surface area is 137 Å². The number of carbonyl (C=O) groups excluding carboxylic acids is 1. The van der Waals surface area contributed by atoms with E-state index in [9.17, 15) is 18.0 Å². The Hall–Kier alpha value is -2.70. The van der Waals surface area contributed by atoms with Crippen molar-refractivity contribution in [3.63, 3.8) is 0 Å². The Bertz CT molecular complexity index is 725. The van der Waals surface area contributed by atoms with Crippen LogP contribution in [0.3, 0.4) is 0 Å². The number of amides is 2. The van der Waals surface area contributed by atoms with Crippen LogP contribution >= 0.6 is 0 Å². The van der Waals surface area contributed by atoms with Crippen LogP contribution in [-0.4, -0.2) is 12.1 Å². The number of anilines is 3. The third-order valence-corrected chi connectivity index (χ3v) is 3.57. The highest BCUT2D eigenvalue weighted by Gasteiger charge is 2.33. The van der Waals surface area contributed by atoms with Gasteiger partial charge >= 0.3 is 12.2 Å². The standard InChI is InChI=1S/C17H16F3N3O/c18-17(19,20)14-3-1-2-4-15(14)21-11-5-7-12(8-6-11)22-16(24)23-13-9-10-13/h1-8,13,21H,9-10H2,(H2,22,23,24). The number of nitrogens with one attached hydrogen (secondary N) is 3. The van der Waals surface area contributed by atoms with Gasteiger partial charge in [0.15, 0.2) is 0 Å². The highest BCUT2D eigenvalue weighted by molar-refractivity contribution is 5.89. The van der Waals surface area contributed by atoms with Gasteiger partial charge in [-0.15, -0.1) is 0 Å². The molecule has 7 heteroatoms. The molecule has 0 spiro atoms. The Morgan fingerprint density at radius 3 is 2.21 bits per heavy atom. The smallest absolute Gasteiger partial charge is 0.355 e. The van der Waals surface area contributed by atoms with Crippen LogP contribution in [-0.2, 0) is 6.18 Å². The lowest BCUT2D eigenvalue weighted by molar-refractivity contribution is -0.136. The second-order valence-electron chi connectivity index (χ2n) is 5.62. The summed E-state index contributed by atoms with van der Waals surface area (Å²) in [6.45, 7) is 0. The first kappa shape index (κ1) is 16.2. The number of carbonyl (C=O) groups is 1. The molecule has 2 amide bonds. The molecule has 126 valence electrons. The molecule has 0 radical (unpaired) electrons. The van der Waals surface area contributed by atoms with Gasteiger partial charge in [0, 0.05) is 17.4 Å². The first-order valence-corrected chi connectivity index (χ1v) is 7.52. The van der Waals surface area contributed by atoms with Crippen LogP contribution in [0, 0.1) is 0 Å². The van der Waals surface area contributed by atoms with E-state index in [1.54, 1.807) is 24.3 Å². The van der Waals surface area contributed by atoms with Crippen molar-refractivity contribution in [3.05, 3.63) is 54.1 Å². The topological polar surface area (TPSA) is 53.2 Å². The number of rotatable bonds is 4. The molecule has 0 unspecified atom stereocenters. The second kappa shape index (κ2) is 6.43. The molecule has 0 aliphatic heterocycles. The van der Waals surface area contributed by atoms with Gasteiger partial charge in [-0.05, 0) is 49.2 Å². The van der Waals surface area contributed by atoms with E-state index >= 15 is 0 Å². The average Bonchev–Trinajstić information content (AvgIpc) is 3.32. The van der Waals surface area contributed by atoms with Gasteiger partial charge in [0.25, 0.3) is 0 Å². The normalized spacial score (nSPS) is 14.1. The molecule has 3 N–H and O–H groups in total.